The van der Waals surface area contributed by atoms with E-state index < -0.39 is 0 Å². The second-order valence-electron chi connectivity index (χ2n) is 9.04. The van der Waals surface area contributed by atoms with Gasteiger partial charge in [-0.3, -0.25) is 14.5 Å². The summed E-state index contributed by atoms with van der Waals surface area (Å²) in [4.78, 5) is 18.8. The third-order valence-electron chi connectivity index (χ3n) is 6.70. The van der Waals surface area contributed by atoms with Gasteiger partial charge in [-0.1, -0.05) is 32.0 Å². The molecule has 162 valence electrons. The van der Waals surface area contributed by atoms with Gasteiger partial charge >= 0.3 is 0 Å². The Balaban J connectivity index is 1.67. The second-order valence-corrected chi connectivity index (χ2v) is 9.04. The molecule has 2 aliphatic rings. The van der Waals surface area contributed by atoms with Gasteiger partial charge in [-0.05, 0) is 30.2 Å². The van der Waals surface area contributed by atoms with Crippen LogP contribution in [0.1, 0.15) is 62.5 Å². The van der Waals surface area contributed by atoms with E-state index in [2.05, 4.69) is 42.8 Å². The van der Waals surface area contributed by atoms with Crippen LogP contribution < -0.4 is 0 Å². The predicted molar refractivity (Wildman–Crippen MR) is 121 cm³/mol. The van der Waals surface area contributed by atoms with Crippen LogP contribution in [-0.4, -0.2) is 45.3 Å². The van der Waals surface area contributed by atoms with Gasteiger partial charge in [0, 0.05) is 73.7 Å². The zero-order valence-corrected chi connectivity index (χ0v) is 18.6. The SMILES string of the molecule is CC(=O)N1CCc2c(c(-c3cccc4cc(C(C)C)ncc34)nn2C2CCOCC2)C1. The van der Waals surface area contributed by atoms with Crippen LogP contribution in [0.15, 0.2) is 30.5 Å². The Bertz CT molecular complexity index is 1130. The van der Waals surface area contributed by atoms with Crippen LogP contribution >= 0.6 is 0 Å². The Labute approximate surface area is 183 Å². The number of amides is 1. The lowest BCUT2D eigenvalue weighted by Gasteiger charge is -2.29. The molecular formula is C25H30N4O2. The largest absolute Gasteiger partial charge is 0.381 e. The molecule has 1 saturated heterocycles. The average Bonchev–Trinajstić information content (AvgIpc) is 3.17. The maximum Gasteiger partial charge on any atom is 0.219 e. The molecule has 0 aliphatic carbocycles. The van der Waals surface area contributed by atoms with E-state index in [0.29, 0.717) is 18.5 Å². The van der Waals surface area contributed by atoms with E-state index in [9.17, 15) is 4.79 Å². The van der Waals surface area contributed by atoms with E-state index in [1.54, 1.807) is 6.92 Å². The monoisotopic (exact) mass is 418 g/mol. The van der Waals surface area contributed by atoms with Crippen molar-refractivity contribution in [2.45, 2.75) is 58.5 Å². The van der Waals surface area contributed by atoms with Crippen LogP contribution in [0.5, 0.6) is 0 Å². The highest BCUT2D eigenvalue weighted by Gasteiger charge is 2.30. The van der Waals surface area contributed by atoms with E-state index in [4.69, 9.17) is 14.8 Å². The van der Waals surface area contributed by atoms with Crippen molar-refractivity contribution < 1.29 is 9.53 Å². The highest BCUT2D eigenvalue weighted by Crippen LogP contribution is 2.37. The number of hydrogen-bond acceptors (Lipinski definition) is 4. The lowest BCUT2D eigenvalue weighted by Crippen LogP contribution is -2.35. The van der Waals surface area contributed by atoms with Gasteiger partial charge in [-0.2, -0.15) is 5.10 Å². The summed E-state index contributed by atoms with van der Waals surface area (Å²) >= 11 is 0. The Hall–Kier alpha value is -2.73. The molecule has 0 unspecified atom stereocenters. The molecule has 6 nitrogen and oxygen atoms in total. The molecule has 0 saturated carbocycles. The van der Waals surface area contributed by atoms with Crippen LogP contribution in [0.2, 0.25) is 0 Å². The number of rotatable bonds is 3. The molecule has 0 atom stereocenters. The molecule has 0 radical (unpaired) electrons. The number of carbonyl (C=O) groups is 1. The molecule has 1 amide bonds. The molecule has 1 aromatic carbocycles. The van der Waals surface area contributed by atoms with Crippen LogP contribution in [0.25, 0.3) is 22.0 Å². The van der Waals surface area contributed by atoms with Crippen molar-refractivity contribution in [3.8, 4) is 11.3 Å². The van der Waals surface area contributed by atoms with Crippen LogP contribution in [0.4, 0.5) is 0 Å². The maximum absolute atomic E-state index is 12.2. The lowest BCUT2D eigenvalue weighted by atomic mass is 9.96. The first-order valence-electron chi connectivity index (χ1n) is 11.4. The van der Waals surface area contributed by atoms with Crippen LogP contribution in [-0.2, 0) is 22.5 Å². The maximum atomic E-state index is 12.2. The second kappa shape index (κ2) is 8.08. The van der Waals surface area contributed by atoms with Crippen molar-refractivity contribution in [1.29, 1.82) is 0 Å². The first kappa shape index (κ1) is 20.2. The van der Waals surface area contributed by atoms with E-state index in [1.165, 1.54) is 16.6 Å². The minimum atomic E-state index is 0.122. The Kier molecular flexibility index (Phi) is 5.26. The number of aromatic nitrogens is 3. The number of ether oxygens (including phenoxy) is 1. The topological polar surface area (TPSA) is 60.2 Å². The number of hydrogen-bond donors (Lipinski definition) is 0. The average molecular weight is 419 g/mol. The molecule has 31 heavy (non-hydrogen) atoms. The summed E-state index contributed by atoms with van der Waals surface area (Å²) in [6, 6.07) is 8.94. The summed E-state index contributed by atoms with van der Waals surface area (Å²) < 4.78 is 7.84. The molecule has 4 heterocycles. The molecule has 0 bridgehead atoms. The fraction of sp³-hybridized carbons (Fsp3) is 0.480. The molecule has 5 rings (SSSR count). The zero-order valence-electron chi connectivity index (χ0n) is 18.6. The molecular weight excluding hydrogens is 388 g/mol. The van der Waals surface area contributed by atoms with Crippen molar-refractivity contribution in [1.82, 2.24) is 19.7 Å². The number of carbonyl (C=O) groups excluding carboxylic acids is 1. The molecule has 2 aromatic heterocycles. The van der Waals surface area contributed by atoms with E-state index in [-0.39, 0.29) is 5.91 Å². The van der Waals surface area contributed by atoms with Crippen molar-refractivity contribution in [3.05, 3.63) is 47.4 Å². The van der Waals surface area contributed by atoms with Gasteiger partial charge in [0.15, 0.2) is 0 Å². The summed E-state index contributed by atoms with van der Waals surface area (Å²) in [6.45, 7) is 8.93. The Morgan fingerprint density at radius 1 is 1.23 bits per heavy atom. The summed E-state index contributed by atoms with van der Waals surface area (Å²) in [5.41, 5.74) is 5.67. The van der Waals surface area contributed by atoms with E-state index >= 15 is 0 Å². The molecule has 2 aliphatic heterocycles. The minimum absolute atomic E-state index is 0.122. The quantitative estimate of drug-likeness (QED) is 0.629. The van der Waals surface area contributed by atoms with E-state index in [1.807, 2.05) is 11.1 Å². The molecule has 3 aromatic rings. The highest BCUT2D eigenvalue weighted by atomic mass is 16.5. The summed E-state index contributed by atoms with van der Waals surface area (Å²) in [5, 5.41) is 7.48. The first-order valence-corrected chi connectivity index (χ1v) is 11.4. The van der Waals surface area contributed by atoms with Gasteiger partial charge in [0.05, 0.1) is 11.7 Å². The fourth-order valence-electron chi connectivity index (χ4n) is 4.87. The Morgan fingerprint density at radius 3 is 2.77 bits per heavy atom. The van der Waals surface area contributed by atoms with Gasteiger partial charge in [0.25, 0.3) is 0 Å². The van der Waals surface area contributed by atoms with Crippen molar-refractivity contribution >= 4 is 16.7 Å². The highest BCUT2D eigenvalue weighted by molar-refractivity contribution is 5.96. The summed E-state index contributed by atoms with van der Waals surface area (Å²) in [7, 11) is 0. The van der Waals surface area contributed by atoms with Crippen LogP contribution in [0, 0.1) is 0 Å². The first-order chi connectivity index (χ1) is 15.0. The normalized spacial score (nSPS) is 17.4. The number of benzene rings is 1. The van der Waals surface area contributed by atoms with E-state index in [0.717, 1.165) is 61.4 Å². The van der Waals surface area contributed by atoms with Crippen LogP contribution in [0.3, 0.4) is 0 Å². The summed E-state index contributed by atoms with van der Waals surface area (Å²) in [6.07, 6.45) is 4.81. The zero-order chi connectivity index (χ0) is 21.5. The smallest absolute Gasteiger partial charge is 0.219 e. The number of fused-ring (bicyclic) bond motifs is 2. The minimum Gasteiger partial charge on any atom is -0.381 e. The van der Waals surface area contributed by atoms with Gasteiger partial charge < -0.3 is 9.64 Å². The fourth-order valence-corrected chi connectivity index (χ4v) is 4.87. The van der Waals surface area contributed by atoms with Crippen molar-refractivity contribution in [2.24, 2.45) is 0 Å². The van der Waals surface area contributed by atoms with Gasteiger partial charge in [0.1, 0.15) is 0 Å². The predicted octanol–water partition coefficient (Wildman–Crippen LogP) is 4.48. The molecule has 6 heteroatoms. The van der Waals surface area contributed by atoms with Crippen molar-refractivity contribution in [3.63, 3.8) is 0 Å². The van der Waals surface area contributed by atoms with Gasteiger partial charge in [0.2, 0.25) is 5.91 Å². The molecule has 0 spiro atoms. The molecule has 0 N–H and O–H groups in total. The lowest BCUT2D eigenvalue weighted by molar-refractivity contribution is -0.129. The number of pyridine rings is 1. The van der Waals surface area contributed by atoms with Crippen molar-refractivity contribution in [2.75, 3.05) is 19.8 Å². The standard InChI is InChI=1S/C25H30N4O2/c1-16(2)23-13-18-5-4-6-20(21(18)14-26-23)25-22-15-28(17(3)30)10-7-24(22)29(27-25)19-8-11-31-12-9-19/h4-6,13-14,16,19H,7-12,15H2,1-3H3. The van der Waals surface area contributed by atoms with Gasteiger partial charge in [-0.25, -0.2) is 0 Å². The third-order valence-corrected chi connectivity index (χ3v) is 6.70. The summed E-state index contributed by atoms with van der Waals surface area (Å²) in [5.74, 6) is 0.509. The molecule has 1 fully saturated rings. The Morgan fingerprint density at radius 2 is 2.03 bits per heavy atom. The van der Waals surface area contributed by atoms with Gasteiger partial charge in [-0.15, -0.1) is 0 Å². The number of nitrogens with zero attached hydrogens (tertiary/aromatic N) is 4. The third kappa shape index (κ3) is 3.63.